The minimum Gasteiger partial charge on any atom is -0.394 e. The summed E-state index contributed by atoms with van der Waals surface area (Å²) in [6.45, 7) is 5.78. The zero-order chi connectivity index (χ0) is 16.1. The molecule has 1 unspecified atom stereocenters. The molecular formula is C16H22N4O2. The quantitative estimate of drug-likeness (QED) is 0.793. The second-order valence-electron chi connectivity index (χ2n) is 5.30. The van der Waals surface area contributed by atoms with Crippen molar-refractivity contribution in [2.45, 2.75) is 33.2 Å². The monoisotopic (exact) mass is 302 g/mol. The summed E-state index contributed by atoms with van der Waals surface area (Å²) in [5, 5.41) is 18.9. The van der Waals surface area contributed by atoms with E-state index in [2.05, 4.69) is 15.7 Å². The van der Waals surface area contributed by atoms with Crippen molar-refractivity contribution in [3.05, 3.63) is 41.6 Å². The summed E-state index contributed by atoms with van der Waals surface area (Å²) >= 11 is 0. The second kappa shape index (κ2) is 7.09. The molecule has 1 atom stereocenters. The minimum absolute atomic E-state index is 0.0826. The molecule has 0 spiro atoms. The molecule has 0 saturated carbocycles. The molecule has 0 bridgehead atoms. The Balaban J connectivity index is 2.09. The van der Waals surface area contributed by atoms with Crippen LogP contribution in [0.25, 0.3) is 5.69 Å². The number of aliphatic hydroxyl groups excluding tert-OH is 1. The fraction of sp³-hybridized carbons (Fsp3) is 0.375. The van der Waals surface area contributed by atoms with Crippen LogP contribution in [0, 0.1) is 13.8 Å². The number of hydrogen-bond donors (Lipinski definition) is 3. The molecule has 6 nitrogen and oxygen atoms in total. The fourth-order valence-electron chi connectivity index (χ4n) is 2.10. The molecule has 0 aliphatic rings. The molecule has 0 aliphatic carbocycles. The van der Waals surface area contributed by atoms with Crippen LogP contribution in [0.15, 0.2) is 30.3 Å². The SMILES string of the molecule is CCC(CO)NC(=O)Nc1cc(C)n(-c2ccc(C)cc2)n1. The molecule has 3 N–H and O–H groups in total. The molecule has 1 heterocycles. The van der Waals surface area contributed by atoms with Crippen molar-refractivity contribution in [3.63, 3.8) is 0 Å². The lowest BCUT2D eigenvalue weighted by molar-refractivity contribution is 0.222. The zero-order valence-electron chi connectivity index (χ0n) is 13.1. The Labute approximate surface area is 130 Å². The Morgan fingerprint density at radius 2 is 2.00 bits per heavy atom. The molecule has 22 heavy (non-hydrogen) atoms. The summed E-state index contributed by atoms with van der Waals surface area (Å²) in [5.74, 6) is 0.475. The maximum absolute atomic E-state index is 11.9. The van der Waals surface area contributed by atoms with Crippen LogP contribution in [0.4, 0.5) is 10.6 Å². The summed E-state index contributed by atoms with van der Waals surface area (Å²) in [6, 6.07) is 9.19. The van der Waals surface area contributed by atoms with Gasteiger partial charge in [0.1, 0.15) is 0 Å². The number of aliphatic hydroxyl groups is 1. The second-order valence-corrected chi connectivity index (χ2v) is 5.30. The number of benzene rings is 1. The highest BCUT2D eigenvalue weighted by atomic mass is 16.3. The lowest BCUT2D eigenvalue weighted by Crippen LogP contribution is -2.39. The van der Waals surface area contributed by atoms with Gasteiger partial charge in [0.2, 0.25) is 0 Å². The highest BCUT2D eigenvalue weighted by Gasteiger charge is 2.12. The van der Waals surface area contributed by atoms with Gasteiger partial charge in [-0.2, -0.15) is 0 Å². The zero-order valence-corrected chi connectivity index (χ0v) is 13.1. The van der Waals surface area contributed by atoms with Gasteiger partial charge in [-0.05, 0) is 32.4 Å². The number of hydrogen-bond acceptors (Lipinski definition) is 3. The standard InChI is InChI=1S/C16H22N4O2/c1-4-13(10-21)17-16(22)18-15-9-12(3)20(19-15)14-7-5-11(2)6-8-14/h5-9,13,21H,4,10H2,1-3H3,(H2,17,18,19,22). The molecule has 1 aromatic carbocycles. The van der Waals surface area contributed by atoms with Gasteiger partial charge in [-0.1, -0.05) is 24.6 Å². The van der Waals surface area contributed by atoms with E-state index in [0.29, 0.717) is 12.2 Å². The number of nitrogens with zero attached hydrogens (tertiary/aromatic N) is 2. The van der Waals surface area contributed by atoms with Crippen molar-refractivity contribution in [2.24, 2.45) is 0 Å². The first-order valence-electron chi connectivity index (χ1n) is 7.35. The number of carbonyl (C=O) groups excluding carboxylic acids is 1. The van der Waals surface area contributed by atoms with Crippen molar-refractivity contribution < 1.29 is 9.90 Å². The third-order valence-corrected chi connectivity index (χ3v) is 3.46. The maximum Gasteiger partial charge on any atom is 0.320 e. The first-order valence-corrected chi connectivity index (χ1v) is 7.35. The van der Waals surface area contributed by atoms with Gasteiger partial charge in [0.05, 0.1) is 18.3 Å². The number of carbonyl (C=O) groups is 1. The average molecular weight is 302 g/mol. The van der Waals surface area contributed by atoms with E-state index in [1.54, 1.807) is 10.7 Å². The molecule has 2 rings (SSSR count). The third kappa shape index (κ3) is 3.85. The summed E-state index contributed by atoms with van der Waals surface area (Å²) < 4.78 is 1.78. The van der Waals surface area contributed by atoms with E-state index in [1.807, 2.05) is 45.0 Å². The molecule has 0 aliphatic heterocycles. The lowest BCUT2D eigenvalue weighted by Gasteiger charge is -2.13. The van der Waals surface area contributed by atoms with Gasteiger partial charge in [0.15, 0.2) is 5.82 Å². The Kier molecular flexibility index (Phi) is 5.16. The highest BCUT2D eigenvalue weighted by Crippen LogP contribution is 2.15. The lowest BCUT2D eigenvalue weighted by atomic mass is 10.2. The van der Waals surface area contributed by atoms with Crippen LogP contribution in [-0.4, -0.2) is 33.6 Å². The number of urea groups is 1. The van der Waals surface area contributed by atoms with Crippen LogP contribution in [0.1, 0.15) is 24.6 Å². The molecule has 6 heteroatoms. The predicted octanol–water partition coefficient (Wildman–Crippen LogP) is 2.38. The number of aryl methyl sites for hydroxylation is 2. The number of anilines is 1. The molecule has 2 aromatic rings. The number of rotatable bonds is 5. The molecule has 1 aromatic heterocycles. The first kappa shape index (κ1) is 16.0. The minimum atomic E-state index is -0.366. The smallest absolute Gasteiger partial charge is 0.320 e. The van der Waals surface area contributed by atoms with Crippen molar-refractivity contribution in [2.75, 3.05) is 11.9 Å². The van der Waals surface area contributed by atoms with E-state index < -0.39 is 0 Å². The van der Waals surface area contributed by atoms with E-state index in [1.165, 1.54) is 5.56 Å². The van der Waals surface area contributed by atoms with Gasteiger partial charge in [-0.3, -0.25) is 5.32 Å². The van der Waals surface area contributed by atoms with E-state index in [9.17, 15) is 4.79 Å². The van der Waals surface area contributed by atoms with Gasteiger partial charge in [0.25, 0.3) is 0 Å². The predicted molar refractivity (Wildman–Crippen MR) is 86.4 cm³/mol. The highest BCUT2D eigenvalue weighted by molar-refractivity contribution is 5.88. The van der Waals surface area contributed by atoms with Crippen molar-refractivity contribution in [1.29, 1.82) is 0 Å². The molecular weight excluding hydrogens is 280 g/mol. The van der Waals surface area contributed by atoms with Gasteiger partial charge in [-0.25, -0.2) is 9.48 Å². The van der Waals surface area contributed by atoms with Crippen LogP contribution in [0.3, 0.4) is 0 Å². The molecule has 0 saturated heterocycles. The van der Waals surface area contributed by atoms with Crippen LogP contribution in [0.5, 0.6) is 0 Å². The van der Waals surface area contributed by atoms with Crippen molar-refractivity contribution >= 4 is 11.8 Å². The normalized spacial score (nSPS) is 12.0. The number of aromatic nitrogens is 2. The van der Waals surface area contributed by atoms with E-state index >= 15 is 0 Å². The average Bonchev–Trinajstić information content (AvgIpc) is 2.86. The molecule has 0 radical (unpaired) electrons. The van der Waals surface area contributed by atoms with Crippen LogP contribution < -0.4 is 10.6 Å². The Hall–Kier alpha value is -2.34. The Bertz CT molecular complexity index is 630. The van der Waals surface area contributed by atoms with Crippen molar-refractivity contribution in [1.82, 2.24) is 15.1 Å². The van der Waals surface area contributed by atoms with Gasteiger partial charge < -0.3 is 10.4 Å². The third-order valence-electron chi connectivity index (χ3n) is 3.46. The van der Waals surface area contributed by atoms with Crippen molar-refractivity contribution in [3.8, 4) is 5.69 Å². The summed E-state index contributed by atoms with van der Waals surface area (Å²) in [7, 11) is 0. The Morgan fingerprint density at radius 1 is 1.32 bits per heavy atom. The van der Waals surface area contributed by atoms with Gasteiger partial charge in [0, 0.05) is 11.8 Å². The van der Waals surface area contributed by atoms with Gasteiger partial charge in [-0.15, -0.1) is 5.10 Å². The van der Waals surface area contributed by atoms with E-state index in [-0.39, 0.29) is 18.7 Å². The molecule has 0 fully saturated rings. The fourth-order valence-corrected chi connectivity index (χ4v) is 2.10. The topological polar surface area (TPSA) is 79.2 Å². The van der Waals surface area contributed by atoms with E-state index in [4.69, 9.17) is 5.11 Å². The molecule has 118 valence electrons. The number of nitrogens with one attached hydrogen (secondary N) is 2. The van der Waals surface area contributed by atoms with Gasteiger partial charge >= 0.3 is 6.03 Å². The first-order chi connectivity index (χ1) is 10.5. The summed E-state index contributed by atoms with van der Waals surface area (Å²) in [4.78, 5) is 11.9. The maximum atomic E-state index is 11.9. The number of amides is 2. The van der Waals surface area contributed by atoms with Crippen LogP contribution in [-0.2, 0) is 0 Å². The van der Waals surface area contributed by atoms with Crippen LogP contribution in [0.2, 0.25) is 0 Å². The largest absolute Gasteiger partial charge is 0.394 e. The Morgan fingerprint density at radius 3 is 2.59 bits per heavy atom. The summed E-state index contributed by atoms with van der Waals surface area (Å²) in [5.41, 5.74) is 3.05. The summed E-state index contributed by atoms with van der Waals surface area (Å²) in [6.07, 6.45) is 0.667. The van der Waals surface area contributed by atoms with E-state index in [0.717, 1.165) is 11.4 Å². The molecule has 2 amide bonds. The van der Waals surface area contributed by atoms with Crippen LogP contribution >= 0.6 is 0 Å².